The van der Waals surface area contributed by atoms with Crippen LogP contribution in [0, 0.1) is 11.8 Å². The summed E-state index contributed by atoms with van der Waals surface area (Å²) in [7, 11) is 0. The van der Waals surface area contributed by atoms with E-state index in [2.05, 4.69) is 12.1 Å². The smallest absolute Gasteiger partial charge is 0.239 e. The number of aliphatic hydroxyl groups excluding tert-OH is 1. The summed E-state index contributed by atoms with van der Waals surface area (Å²) >= 11 is 0. The predicted octanol–water partition coefficient (Wildman–Crippen LogP) is 1.18. The third-order valence-electron chi connectivity index (χ3n) is 5.03. The molecule has 2 fully saturated rings. The Balaban J connectivity index is 1.51. The van der Waals surface area contributed by atoms with Crippen molar-refractivity contribution in [1.29, 1.82) is 0 Å². The van der Waals surface area contributed by atoms with Gasteiger partial charge in [-0.05, 0) is 37.2 Å². The number of hydrogen-bond acceptors (Lipinski definition) is 3. The molecule has 4 heteroatoms. The quantitative estimate of drug-likeness (QED) is 0.874. The molecule has 4 nitrogen and oxygen atoms in total. The number of aliphatic hydroxyl groups is 1. The zero-order chi connectivity index (χ0) is 14.8. The van der Waals surface area contributed by atoms with Crippen molar-refractivity contribution in [3.63, 3.8) is 0 Å². The average molecular weight is 288 g/mol. The molecule has 4 unspecified atom stereocenters. The van der Waals surface area contributed by atoms with Gasteiger partial charge in [0, 0.05) is 19.0 Å². The van der Waals surface area contributed by atoms with E-state index in [1.54, 1.807) is 0 Å². The number of carbonyl (C=O) groups is 1. The number of likely N-dealkylation sites (tertiary alicyclic amines) is 1. The zero-order valence-corrected chi connectivity index (χ0v) is 12.3. The van der Waals surface area contributed by atoms with Gasteiger partial charge < -0.3 is 15.7 Å². The summed E-state index contributed by atoms with van der Waals surface area (Å²) in [4.78, 5) is 14.3. The molecule has 114 valence electrons. The van der Waals surface area contributed by atoms with Crippen molar-refractivity contribution in [3.8, 4) is 0 Å². The molecule has 0 spiro atoms. The zero-order valence-electron chi connectivity index (χ0n) is 12.3. The van der Waals surface area contributed by atoms with Crippen LogP contribution in [0.4, 0.5) is 0 Å². The van der Waals surface area contributed by atoms with E-state index in [1.165, 1.54) is 5.56 Å². The van der Waals surface area contributed by atoms with Crippen molar-refractivity contribution in [2.45, 2.75) is 37.8 Å². The maximum atomic E-state index is 12.4. The molecule has 1 aliphatic carbocycles. The van der Waals surface area contributed by atoms with Gasteiger partial charge in [0.2, 0.25) is 5.91 Å². The van der Waals surface area contributed by atoms with Crippen molar-refractivity contribution >= 4 is 5.91 Å². The van der Waals surface area contributed by atoms with Gasteiger partial charge in [0.05, 0.1) is 12.1 Å². The fourth-order valence-corrected chi connectivity index (χ4v) is 3.74. The Morgan fingerprint density at radius 2 is 2.05 bits per heavy atom. The molecule has 4 atom stereocenters. The van der Waals surface area contributed by atoms with Gasteiger partial charge in [0.25, 0.3) is 0 Å². The SMILES string of the molecule is NC(CCc1ccccc1)C(=O)N1CC2CCC(O)C2C1. The van der Waals surface area contributed by atoms with Crippen LogP contribution >= 0.6 is 0 Å². The van der Waals surface area contributed by atoms with Gasteiger partial charge >= 0.3 is 0 Å². The number of fused-ring (bicyclic) bond motifs is 1. The Labute approximate surface area is 125 Å². The molecule has 21 heavy (non-hydrogen) atoms. The minimum Gasteiger partial charge on any atom is -0.393 e. The Bertz CT molecular complexity index is 491. The fourth-order valence-electron chi connectivity index (χ4n) is 3.74. The molecule has 0 aromatic heterocycles. The van der Waals surface area contributed by atoms with Crippen LogP contribution in [0.1, 0.15) is 24.8 Å². The molecule has 1 saturated carbocycles. The lowest BCUT2D eigenvalue weighted by molar-refractivity contribution is -0.132. The van der Waals surface area contributed by atoms with Gasteiger partial charge in [-0.2, -0.15) is 0 Å². The molecule has 2 aliphatic rings. The summed E-state index contributed by atoms with van der Waals surface area (Å²) in [6, 6.07) is 9.70. The topological polar surface area (TPSA) is 66.6 Å². The van der Waals surface area contributed by atoms with Gasteiger partial charge in [-0.25, -0.2) is 0 Å². The second kappa shape index (κ2) is 6.16. The summed E-state index contributed by atoms with van der Waals surface area (Å²) in [5, 5.41) is 9.92. The lowest BCUT2D eigenvalue weighted by atomic mass is 10.00. The molecule has 1 amide bonds. The third-order valence-corrected chi connectivity index (χ3v) is 5.03. The lowest BCUT2D eigenvalue weighted by Crippen LogP contribution is -2.43. The molecule has 1 aromatic carbocycles. The highest BCUT2D eigenvalue weighted by atomic mass is 16.3. The first kappa shape index (κ1) is 14.5. The number of nitrogens with zero attached hydrogens (tertiary/aromatic N) is 1. The highest BCUT2D eigenvalue weighted by Crippen LogP contribution is 2.38. The van der Waals surface area contributed by atoms with Crippen LogP contribution in [-0.4, -0.2) is 41.1 Å². The maximum absolute atomic E-state index is 12.4. The van der Waals surface area contributed by atoms with Crippen LogP contribution < -0.4 is 5.73 Å². The second-order valence-electron chi connectivity index (χ2n) is 6.44. The Morgan fingerprint density at radius 1 is 1.29 bits per heavy atom. The van der Waals surface area contributed by atoms with Gasteiger partial charge in [-0.15, -0.1) is 0 Å². The number of carbonyl (C=O) groups excluding carboxylic acids is 1. The van der Waals surface area contributed by atoms with Gasteiger partial charge in [-0.3, -0.25) is 4.79 Å². The fraction of sp³-hybridized carbons (Fsp3) is 0.588. The van der Waals surface area contributed by atoms with E-state index in [0.717, 1.165) is 25.8 Å². The van der Waals surface area contributed by atoms with E-state index in [4.69, 9.17) is 5.73 Å². The van der Waals surface area contributed by atoms with Crippen molar-refractivity contribution in [2.24, 2.45) is 17.6 Å². The lowest BCUT2D eigenvalue weighted by Gasteiger charge is -2.22. The van der Waals surface area contributed by atoms with Crippen molar-refractivity contribution < 1.29 is 9.90 Å². The van der Waals surface area contributed by atoms with Crippen molar-refractivity contribution in [3.05, 3.63) is 35.9 Å². The van der Waals surface area contributed by atoms with Crippen LogP contribution in [0.15, 0.2) is 30.3 Å². The standard InChI is InChI=1S/C17H24N2O2/c18-15(8-6-12-4-2-1-3-5-12)17(21)19-10-13-7-9-16(20)14(13)11-19/h1-5,13-16,20H,6-11,18H2. The maximum Gasteiger partial charge on any atom is 0.239 e. The normalized spacial score (nSPS) is 29.4. The second-order valence-corrected chi connectivity index (χ2v) is 6.44. The van der Waals surface area contributed by atoms with E-state index in [1.807, 2.05) is 23.1 Å². The van der Waals surface area contributed by atoms with Crippen LogP contribution in [0.5, 0.6) is 0 Å². The van der Waals surface area contributed by atoms with Crippen molar-refractivity contribution in [2.75, 3.05) is 13.1 Å². The monoisotopic (exact) mass is 288 g/mol. The van der Waals surface area contributed by atoms with E-state index < -0.39 is 6.04 Å². The van der Waals surface area contributed by atoms with Crippen LogP contribution in [-0.2, 0) is 11.2 Å². The Kier molecular flexibility index (Phi) is 4.27. The summed E-state index contributed by atoms with van der Waals surface area (Å²) in [5.41, 5.74) is 7.29. The van der Waals surface area contributed by atoms with Crippen LogP contribution in [0.25, 0.3) is 0 Å². The first-order valence-electron chi connectivity index (χ1n) is 7.91. The minimum absolute atomic E-state index is 0.0486. The minimum atomic E-state index is -0.429. The summed E-state index contributed by atoms with van der Waals surface area (Å²) < 4.78 is 0. The molecule has 1 heterocycles. The van der Waals surface area contributed by atoms with E-state index in [-0.39, 0.29) is 17.9 Å². The van der Waals surface area contributed by atoms with E-state index >= 15 is 0 Å². The molecular formula is C17H24N2O2. The number of benzene rings is 1. The molecule has 1 saturated heterocycles. The van der Waals surface area contributed by atoms with Crippen LogP contribution in [0.2, 0.25) is 0 Å². The summed E-state index contributed by atoms with van der Waals surface area (Å²) in [6.45, 7) is 1.46. The molecule has 1 aliphatic heterocycles. The van der Waals surface area contributed by atoms with Crippen LogP contribution in [0.3, 0.4) is 0 Å². The highest BCUT2D eigenvalue weighted by molar-refractivity contribution is 5.82. The average Bonchev–Trinajstić information content (AvgIpc) is 3.07. The Morgan fingerprint density at radius 3 is 2.76 bits per heavy atom. The number of nitrogens with two attached hydrogens (primary N) is 1. The molecule has 3 N–H and O–H groups in total. The molecule has 3 rings (SSSR count). The highest BCUT2D eigenvalue weighted by Gasteiger charge is 2.43. The molecule has 0 radical (unpaired) electrons. The van der Waals surface area contributed by atoms with Gasteiger partial charge in [0.15, 0.2) is 0 Å². The Hall–Kier alpha value is -1.39. The van der Waals surface area contributed by atoms with E-state index in [0.29, 0.717) is 18.9 Å². The molecular weight excluding hydrogens is 264 g/mol. The molecule has 0 bridgehead atoms. The molecule has 1 aromatic rings. The van der Waals surface area contributed by atoms with E-state index in [9.17, 15) is 9.90 Å². The third kappa shape index (κ3) is 3.11. The largest absolute Gasteiger partial charge is 0.393 e. The summed E-state index contributed by atoms with van der Waals surface area (Å²) in [5.74, 6) is 0.799. The number of rotatable bonds is 4. The number of amides is 1. The number of hydrogen-bond donors (Lipinski definition) is 2. The van der Waals surface area contributed by atoms with Gasteiger partial charge in [-0.1, -0.05) is 30.3 Å². The first-order valence-corrected chi connectivity index (χ1v) is 7.91. The number of aryl methyl sites for hydroxylation is 1. The van der Waals surface area contributed by atoms with Gasteiger partial charge in [0.1, 0.15) is 0 Å². The summed E-state index contributed by atoms with van der Waals surface area (Å²) in [6.07, 6.45) is 3.20. The van der Waals surface area contributed by atoms with Crippen molar-refractivity contribution in [1.82, 2.24) is 4.90 Å². The first-order chi connectivity index (χ1) is 10.1. The predicted molar refractivity (Wildman–Crippen MR) is 81.5 cm³/mol.